The number of halogens is 1. The fourth-order valence-corrected chi connectivity index (χ4v) is 8.42. The van der Waals surface area contributed by atoms with Gasteiger partial charge in [0.2, 0.25) is 11.8 Å². The molecule has 9 heteroatoms. The van der Waals surface area contributed by atoms with Crippen LogP contribution in [-0.2, 0) is 9.59 Å². The monoisotopic (exact) mass is 572 g/mol. The van der Waals surface area contributed by atoms with E-state index in [-0.39, 0.29) is 42.6 Å². The highest BCUT2D eigenvalue weighted by molar-refractivity contribution is 5.96. The Bertz CT molecular complexity index is 1140. The van der Waals surface area contributed by atoms with Crippen molar-refractivity contribution in [3.8, 4) is 0 Å². The van der Waals surface area contributed by atoms with Crippen molar-refractivity contribution in [2.75, 3.05) is 24.5 Å². The van der Waals surface area contributed by atoms with Crippen molar-refractivity contribution in [1.82, 2.24) is 10.2 Å². The van der Waals surface area contributed by atoms with Crippen molar-refractivity contribution in [2.24, 2.45) is 35.3 Å². The molecule has 1 aliphatic heterocycles. The van der Waals surface area contributed by atoms with Crippen LogP contribution in [0.4, 0.5) is 10.1 Å². The van der Waals surface area contributed by atoms with E-state index in [0.717, 1.165) is 37.7 Å². The molecule has 1 saturated heterocycles. The quantitative estimate of drug-likeness (QED) is 0.361. The number of aryl methyl sites for hydroxylation is 1. The van der Waals surface area contributed by atoms with E-state index < -0.39 is 29.2 Å². The maximum atomic E-state index is 14.0. The minimum Gasteiger partial charge on any atom is -0.391 e. The molecule has 4 saturated carbocycles. The highest BCUT2D eigenvalue weighted by atomic mass is 19.1. The number of aliphatic hydroxyl groups is 2. The topological polar surface area (TPSA) is 119 Å². The molecular weight excluding hydrogens is 523 g/mol. The number of anilines is 1. The Morgan fingerprint density at radius 1 is 1.20 bits per heavy atom. The predicted molar refractivity (Wildman–Crippen MR) is 157 cm³/mol. The molecule has 4 bridgehead atoms. The molecule has 5 aliphatic rings. The van der Waals surface area contributed by atoms with Crippen molar-refractivity contribution in [3.63, 3.8) is 0 Å². The van der Waals surface area contributed by atoms with Crippen LogP contribution in [0.3, 0.4) is 0 Å². The molecule has 0 radical (unpaired) electrons. The molecule has 0 unspecified atom stereocenters. The molecule has 0 aromatic heterocycles. The summed E-state index contributed by atoms with van der Waals surface area (Å²) in [6.45, 7) is 10.7. The van der Waals surface area contributed by atoms with Gasteiger partial charge in [0.15, 0.2) is 0 Å². The number of nitrogens with one attached hydrogen (secondary N) is 1. The SMILES string of the molecule is Cc1ccc(F)cc1N1CC(C)(C)N(C[C@H](N)[C@@H](O)C[C@H](C(=O)NC2[C@H]3CC4C[C@H]2CC(O)(C4)C3)C(C)C)CC1=O. The number of benzene rings is 1. The van der Waals surface area contributed by atoms with Crippen molar-refractivity contribution in [2.45, 2.75) is 102 Å². The van der Waals surface area contributed by atoms with Gasteiger partial charge in [-0.15, -0.1) is 0 Å². The summed E-state index contributed by atoms with van der Waals surface area (Å²) in [5.41, 5.74) is 6.93. The fraction of sp³-hybridized carbons (Fsp3) is 0.750. The molecule has 4 aliphatic carbocycles. The molecular formula is C32H49FN4O4. The summed E-state index contributed by atoms with van der Waals surface area (Å²) in [4.78, 5) is 30.4. The van der Waals surface area contributed by atoms with Crippen LogP contribution < -0.4 is 16.0 Å². The Hall–Kier alpha value is -2.07. The highest BCUT2D eigenvalue weighted by Gasteiger charge is 2.55. The third kappa shape index (κ3) is 6.19. The van der Waals surface area contributed by atoms with Crippen LogP contribution in [0.25, 0.3) is 0 Å². The zero-order chi connectivity index (χ0) is 29.9. The summed E-state index contributed by atoms with van der Waals surface area (Å²) in [5, 5.41) is 25.4. The number of aliphatic hydroxyl groups excluding tert-OH is 1. The first-order chi connectivity index (χ1) is 19.2. The molecule has 5 atom stereocenters. The van der Waals surface area contributed by atoms with Crippen molar-refractivity contribution < 1.29 is 24.2 Å². The standard InChI is InChI=1S/C32H49FN4O4/c1-18(2)24(30(40)35-29-21-8-20-9-22(29)14-32(41,12-20)13-21)11-27(38)25(34)15-36-16-28(39)37(17-31(36,4)5)26-10-23(33)7-6-19(26)3/h6-7,10,18,20-22,24-25,27,29,38,41H,8-9,11-17,34H2,1-5H3,(H,35,40)/t20?,21-,22-,24-,25-,27-,29?,32?/m0/s1. The largest absolute Gasteiger partial charge is 0.391 e. The highest BCUT2D eigenvalue weighted by Crippen LogP contribution is 2.55. The van der Waals surface area contributed by atoms with E-state index in [4.69, 9.17) is 5.73 Å². The summed E-state index contributed by atoms with van der Waals surface area (Å²) in [6, 6.07) is 3.92. The number of hydrogen-bond acceptors (Lipinski definition) is 6. The Morgan fingerprint density at radius 2 is 1.85 bits per heavy atom. The third-order valence-corrected chi connectivity index (χ3v) is 10.6. The van der Waals surface area contributed by atoms with Crippen LogP contribution in [0.2, 0.25) is 0 Å². The summed E-state index contributed by atoms with van der Waals surface area (Å²) in [7, 11) is 0. The summed E-state index contributed by atoms with van der Waals surface area (Å²) < 4.78 is 14.0. The number of piperazine rings is 1. The molecule has 2 amide bonds. The maximum absolute atomic E-state index is 14.0. The first-order valence-electron chi connectivity index (χ1n) is 15.4. The Morgan fingerprint density at radius 3 is 2.46 bits per heavy atom. The van der Waals surface area contributed by atoms with E-state index >= 15 is 0 Å². The maximum Gasteiger partial charge on any atom is 0.241 e. The predicted octanol–water partition coefficient (Wildman–Crippen LogP) is 2.97. The number of hydrogen-bond donors (Lipinski definition) is 4. The van der Waals surface area contributed by atoms with Gasteiger partial charge < -0.3 is 26.2 Å². The van der Waals surface area contributed by atoms with Gasteiger partial charge in [-0.2, -0.15) is 0 Å². The average Bonchev–Trinajstić information content (AvgIpc) is 2.86. The molecule has 1 heterocycles. The first kappa shape index (κ1) is 30.4. The summed E-state index contributed by atoms with van der Waals surface area (Å²) in [6.07, 6.45) is 3.92. The van der Waals surface area contributed by atoms with Gasteiger partial charge in [-0.05, 0) is 101 Å². The number of carbonyl (C=O) groups excluding carboxylic acids is 2. The van der Waals surface area contributed by atoms with Gasteiger partial charge in [0.05, 0.1) is 18.2 Å². The number of nitrogens with zero attached hydrogens (tertiary/aromatic N) is 2. The van der Waals surface area contributed by atoms with Gasteiger partial charge in [0.1, 0.15) is 5.82 Å². The smallest absolute Gasteiger partial charge is 0.241 e. The van der Waals surface area contributed by atoms with Gasteiger partial charge >= 0.3 is 0 Å². The molecule has 228 valence electrons. The fourth-order valence-electron chi connectivity index (χ4n) is 8.42. The number of rotatable bonds is 9. The van der Waals surface area contributed by atoms with E-state index in [1.54, 1.807) is 11.0 Å². The number of carbonyl (C=O) groups is 2. The van der Waals surface area contributed by atoms with Crippen molar-refractivity contribution in [3.05, 3.63) is 29.6 Å². The minimum atomic E-state index is -0.915. The lowest BCUT2D eigenvalue weighted by molar-refractivity contribution is -0.149. The van der Waals surface area contributed by atoms with Crippen LogP contribution in [0, 0.1) is 42.3 Å². The Kier molecular flexibility index (Phi) is 8.31. The van der Waals surface area contributed by atoms with Crippen LogP contribution in [0.1, 0.15) is 71.8 Å². The Labute approximate surface area is 243 Å². The lowest BCUT2D eigenvalue weighted by Crippen LogP contribution is -2.64. The second kappa shape index (κ2) is 11.2. The van der Waals surface area contributed by atoms with Crippen LogP contribution in [0.15, 0.2) is 18.2 Å². The Balaban J connectivity index is 1.19. The second-order valence-electron chi connectivity index (χ2n) is 14.6. The van der Waals surface area contributed by atoms with E-state index in [0.29, 0.717) is 36.5 Å². The van der Waals surface area contributed by atoms with Crippen molar-refractivity contribution >= 4 is 17.5 Å². The third-order valence-electron chi connectivity index (χ3n) is 10.6. The molecule has 1 aromatic carbocycles. The zero-order valence-corrected chi connectivity index (χ0v) is 25.3. The number of nitrogens with two attached hydrogens (primary N) is 1. The molecule has 1 aromatic rings. The molecule has 8 nitrogen and oxygen atoms in total. The van der Waals surface area contributed by atoms with E-state index in [2.05, 4.69) is 5.32 Å². The molecule has 6 rings (SSSR count). The molecule has 0 spiro atoms. The van der Waals surface area contributed by atoms with Gasteiger partial charge in [0, 0.05) is 42.3 Å². The average molecular weight is 573 g/mol. The first-order valence-corrected chi connectivity index (χ1v) is 15.4. The van der Waals surface area contributed by atoms with E-state index in [1.165, 1.54) is 12.1 Å². The van der Waals surface area contributed by atoms with Crippen LogP contribution >= 0.6 is 0 Å². The van der Waals surface area contributed by atoms with Gasteiger partial charge in [0.25, 0.3) is 0 Å². The molecule has 41 heavy (non-hydrogen) atoms. The summed E-state index contributed by atoms with van der Waals surface area (Å²) in [5.74, 6) is 0.294. The lowest BCUT2D eigenvalue weighted by atomic mass is 9.52. The normalized spacial score (nSPS) is 33.2. The lowest BCUT2D eigenvalue weighted by Gasteiger charge is -2.58. The van der Waals surface area contributed by atoms with Gasteiger partial charge in [-0.1, -0.05) is 19.9 Å². The van der Waals surface area contributed by atoms with Gasteiger partial charge in [-0.3, -0.25) is 14.5 Å². The van der Waals surface area contributed by atoms with Crippen LogP contribution in [-0.4, -0.2) is 75.9 Å². The zero-order valence-electron chi connectivity index (χ0n) is 25.3. The number of amides is 2. The van der Waals surface area contributed by atoms with Crippen LogP contribution in [0.5, 0.6) is 0 Å². The minimum absolute atomic E-state index is 0.0222. The van der Waals surface area contributed by atoms with Crippen molar-refractivity contribution in [1.29, 1.82) is 0 Å². The molecule has 5 fully saturated rings. The van der Waals surface area contributed by atoms with E-state index in [1.807, 2.05) is 39.5 Å². The molecule has 5 N–H and O–H groups in total. The second-order valence-corrected chi connectivity index (χ2v) is 14.6. The van der Waals surface area contributed by atoms with Gasteiger partial charge in [-0.25, -0.2) is 4.39 Å². The van der Waals surface area contributed by atoms with E-state index in [9.17, 15) is 24.2 Å². The summed E-state index contributed by atoms with van der Waals surface area (Å²) >= 11 is 0.